The van der Waals surface area contributed by atoms with E-state index in [0.717, 1.165) is 25.0 Å². The zero-order valence-electron chi connectivity index (χ0n) is 8.39. The van der Waals surface area contributed by atoms with Crippen molar-refractivity contribution in [1.29, 1.82) is 0 Å². The lowest BCUT2D eigenvalue weighted by Gasteiger charge is -2.01. The molecule has 0 aliphatic carbocycles. The highest BCUT2D eigenvalue weighted by Crippen LogP contribution is 2.05. The molecule has 1 aliphatic rings. The lowest BCUT2D eigenvalue weighted by molar-refractivity contribution is 0.999. The van der Waals surface area contributed by atoms with E-state index < -0.39 is 0 Å². The van der Waals surface area contributed by atoms with Crippen LogP contribution in [0.15, 0.2) is 46.6 Å². The van der Waals surface area contributed by atoms with Gasteiger partial charge >= 0.3 is 0 Å². The van der Waals surface area contributed by atoms with E-state index in [9.17, 15) is 0 Å². The van der Waals surface area contributed by atoms with Crippen molar-refractivity contribution in [2.45, 2.75) is 19.3 Å². The van der Waals surface area contributed by atoms with E-state index in [2.05, 4.69) is 22.6 Å². The summed E-state index contributed by atoms with van der Waals surface area (Å²) in [6.07, 6.45) is 14.8. The van der Waals surface area contributed by atoms with Crippen LogP contribution in [-0.2, 0) is 0 Å². The molecule has 0 radical (unpaired) electrons. The van der Waals surface area contributed by atoms with Gasteiger partial charge in [0, 0.05) is 12.4 Å². The first-order valence-electron chi connectivity index (χ1n) is 4.91. The van der Waals surface area contributed by atoms with Crippen molar-refractivity contribution < 1.29 is 0 Å². The van der Waals surface area contributed by atoms with Crippen LogP contribution in [-0.4, -0.2) is 19.0 Å². The van der Waals surface area contributed by atoms with Crippen LogP contribution in [0.4, 0.5) is 0 Å². The zero-order valence-corrected chi connectivity index (χ0v) is 8.39. The van der Waals surface area contributed by atoms with Crippen LogP contribution in [0.3, 0.4) is 0 Å². The van der Waals surface area contributed by atoms with Crippen LogP contribution in [0.25, 0.3) is 0 Å². The molecule has 0 amide bonds. The number of aliphatic imine (C=N–C) groups is 2. The first kappa shape index (κ1) is 10.6. The van der Waals surface area contributed by atoms with E-state index in [4.69, 9.17) is 0 Å². The van der Waals surface area contributed by atoms with E-state index in [1.54, 1.807) is 0 Å². The number of allylic oxidation sites excluding steroid dienone is 4. The van der Waals surface area contributed by atoms with Gasteiger partial charge < -0.3 is 0 Å². The number of hydrogen-bond donors (Lipinski definition) is 0. The van der Waals surface area contributed by atoms with Gasteiger partial charge in [-0.2, -0.15) is 0 Å². The first-order valence-corrected chi connectivity index (χ1v) is 4.91. The van der Waals surface area contributed by atoms with Crippen LogP contribution in [0.5, 0.6) is 0 Å². The molecule has 0 saturated heterocycles. The van der Waals surface area contributed by atoms with Gasteiger partial charge in [-0.3, -0.25) is 9.98 Å². The summed E-state index contributed by atoms with van der Waals surface area (Å²) in [6.45, 7) is 4.32. The highest BCUT2D eigenvalue weighted by atomic mass is 14.8. The first-order chi connectivity index (χ1) is 6.93. The van der Waals surface area contributed by atoms with Gasteiger partial charge in [0.25, 0.3) is 0 Å². The summed E-state index contributed by atoms with van der Waals surface area (Å²) < 4.78 is 0. The SMILES string of the molecule is C=CC/C=C\C=N/CC1=CCCC=N1. The second-order valence-corrected chi connectivity index (χ2v) is 3.03. The third-order valence-electron chi connectivity index (χ3n) is 1.82. The van der Waals surface area contributed by atoms with Gasteiger partial charge in [-0.1, -0.05) is 18.2 Å². The van der Waals surface area contributed by atoms with Crippen molar-refractivity contribution in [2.75, 3.05) is 6.54 Å². The lowest BCUT2D eigenvalue weighted by atomic mass is 10.2. The average Bonchev–Trinajstić information content (AvgIpc) is 2.25. The second-order valence-electron chi connectivity index (χ2n) is 3.03. The van der Waals surface area contributed by atoms with Crippen molar-refractivity contribution in [3.05, 3.63) is 36.6 Å². The fraction of sp³-hybridized carbons (Fsp3) is 0.333. The Morgan fingerprint density at radius 2 is 2.43 bits per heavy atom. The van der Waals surface area contributed by atoms with E-state index >= 15 is 0 Å². The standard InChI is InChI=1S/C12H16N2/c1-2-3-4-6-9-13-11-12-8-5-7-10-14-12/h2,4,6,8-10H,1,3,5,7,11H2/b6-4-,13-9-. The van der Waals surface area contributed by atoms with Gasteiger partial charge in [0.15, 0.2) is 0 Å². The van der Waals surface area contributed by atoms with Crippen LogP contribution in [0.2, 0.25) is 0 Å². The molecule has 0 fully saturated rings. The Bertz CT molecular complexity index is 283. The monoisotopic (exact) mass is 188 g/mol. The molecule has 0 bridgehead atoms. The predicted molar refractivity (Wildman–Crippen MR) is 63.1 cm³/mol. The molecular weight excluding hydrogens is 172 g/mol. The molecule has 0 unspecified atom stereocenters. The minimum atomic E-state index is 0.689. The topological polar surface area (TPSA) is 24.7 Å². The van der Waals surface area contributed by atoms with Gasteiger partial charge in [-0.25, -0.2) is 0 Å². The largest absolute Gasteiger partial charge is 0.287 e. The molecule has 1 aliphatic heterocycles. The molecule has 0 saturated carbocycles. The Morgan fingerprint density at radius 3 is 3.14 bits per heavy atom. The Balaban J connectivity index is 2.22. The molecule has 14 heavy (non-hydrogen) atoms. The van der Waals surface area contributed by atoms with Gasteiger partial charge in [0.1, 0.15) is 0 Å². The smallest absolute Gasteiger partial charge is 0.0808 e. The number of hydrogen-bond acceptors (Lipinski definition) is 2. The summed E-state index contributed by atoms with van der Waals surface area (Å²) in [5, 5.41) is 0. The van der Waals surface area contributed by atoms with E-state index in [-0.39, 0.29) is 0 Å². The Kier molecular flexibility index (Phi) is 5.33. The minimum absolute atomic E-state index is 0.689. The number of nitrogens with zero attached hydrogens (tertiary/aromatic N) is 2. The van der Waals surface area contributed by atoms with Crippen molar-refractivity contribution >= 4 is 12.4 Å². The lowest BCUT2D eigenvalue weighted by Crippen LogP contribution is -1.92. The van der Waals surface area contributed by atoms with Crippen LogP contribution in [0, 0.1) is 0 Å². The van der Waals surface area contributed by atoms with Gasteiger partial charge in [-0.05, 0) is 25.3 Å². The normalized spacial score (nSPS) is 16.4. The molecule has 2 nitrogen and oxygen atoms in total. The highest BCUT2D eigenvalue weighted by Gasteiger charge is 1.94. The molecular formula is C12H16N2. The average molecular weight is 188 g/mol. The molecule has 0 aromatic carbocycles. The molecule has 0 N–H and O–H groups in total. The fourth-order valence-corrected chi connectivity index (χ4v) is 1.11. The molecule has 0 aromatic heterocycles. The summed E-state index contributed by atoms with van der Waals surface area (Å²) >= 11 is 0. The zero-order chi connectivity index (χ0) is 10.1. The molecule has 74 valence electrons. The summed E-state index contributed by atoms with van der Waals surface area (Å²) in [5.41, 5.74) is 1.07. The maximum absolute atomic E-state index is 4.25. The van der Waals surface area contributed by atoms with Crippen LogP contribution in [0.1, 0.15) is 19.3 Å². The van der Waals surface area contributed by atoms with Crippen LogP contribution >= 0.6 is 0 Å². The summed E-state index contributed by atoms with van der Waals surface area (Å²) in [6, 6.07) is 0. The maximum atomic E-state index is 4.25. The van der Waals surface area contributed by atoms with Crippen molar-refractivity contribution in [3.8, 4) is 0 Å². The summed E-state index contributed by atoms with van der Waals surface area (Å²) in [4.78, 5) is 8.48. The maximum Gasteiger partial charge on any atom is 0.0808 e. The minimum Gasteiger partial charge on any atom is -0.287 e. The Hall–Kier alpha value is -1.44. The van der Waals surface area contributed by atoms with Crippen LogP contribution < -0.4 is 0 Å². The second kappa shape index (κ2) is 7.01. The molecule has 0 spiro atoms. The quantitative estimate of drug-likeness (QED) is 0.468. The van der Waals surface area contributed by atoms with E-state index in [1.807, 2.05) is 30.7 Å². The highest BCUT2D eigenvalue weighted by molar-refractivity contribution is 5.71. The summed E-state index contributed by atoms with van der Waals surface area (Å²) in [5.74, 6) is 0. The predicted octanol–water partition coefficient (Wildman–Crippen LogP) is 2.94. The molecule has 1 heterocycles. The Labute approximate surface area is 85.5 Å². The summed E-state index contributed by atoms with van der Waals surface area (Å²) in [7, 11) is 0. The molecule has 0 aromatic rings. The fourth-order valence-electron chi connectivity index (χ4n) is 1.11. The van der Waals surface area contributed by atoms with Gasteiger partial charge in [0.2, 0.25) is 0 Å². The van der Waals surface area contributed by atoms with Gasteiger partial charge in [-0.15, -0.1) is 6.58 Å². The number of rotatable bonds is 5. The van der Waals surface area contributed by atoms with Crippen molar-refractivity contribution in [2.24, 2.45) is 9.98 Å². The third kappa shape index (κ3) is 4.55. The van der Waals surface area contributed by atoms with E-state index in [1.165, 1.54) is 0 Å². The van der Waals surface area contributed by atoms with Crippen molar-refractivity contribution in [1.82, 2.24) is 0 Å². The third-order valence-corrected chi connectivity index (χ3v) is 1.82. The van der Waals surface area contributed by atoms with Gasteiger partial charge in [0.05, 0.1) is 12.2 Å². The van der Waals surface area contributed by atoms with E-state index in [0.29, 0.717) is 6.54 Å². The molecule has 0 atom stereocenters. The molecule has 2 heteroatoms. The Morgan fingerprint density at radius 1 is 1.50 bits per heavy atom. The van der Waals surface area contributed by atoms with Crippen molar-refractivity contribution in [3.63, 3.8) is 0 Å². The molecule has 1 rings (SSSR count).